The lowest BCUT2D eigenvalue weighted by atomic mass is 9.94. The molecule has 2 saturated heterocycles. The fraction of sp³-hybridized carbons (Fsp3) is 0.571. The molecule has 2 aliphatic rings. The largest absolute Gasteiger partial charge is 0.310 e. The molecule has 0 radical (unpaired) electrons. The molecule has 2 heteroatoms. The van der Waals surface area contributed by atoms with Gasteiger partial charge in [-0.1, -0.05) is 30.3 Å². The molecule has 2 nitrogen and oxygen atoms in total. The molecule has 0 spiro atoms. The number of benzene rings is 1. The quantitative estimate of drug-likeness (QED) is 0.831. The fourth-order valence-corrected chi connectivity index (χ4v) is 3.27. The van der Waals surface area contributed by atoms with Crippen LogP contribution in [0.1, 0.15) is 24.8 Å². The summed E-state index contributed by atoms with van der Waals surface area (Å²) in [6, 6.07) is 13.1. The van der Waals surface area contributed by atoms with Crippen molar-refractivity contribution in [2.75, 3.05) is 7.05 Å². The van der Waals surface area contributed by atoms with E-state index in [2.05, 4.69) is 47.6 Å². The minimum atomic E-state index is 0.749. The molecule has 1 aromatic rings. The molecule has 16 heavy (non-hydrogen) atoms. The summed E-state index contributed by atoms with van der Waals surface area (Å²) in [6.07, 6.45) is 4.10. The van der Waals surface area contributed by atoms with Gasteiger partial charge in [0.2, 0.25) is 0 Å². The Morgan fingerprint density at radius 2 is 2.06 bits per heavy atom. The minimum Gasteiger partial charge on any atom is -0.310 e. The Labute approximate surface area is 97.6 Å². The molecule has 1 unspecified atom stereocenters. The van der Waals surface area contributed by atoms with E-state index in [9.17, 15) is 0 Å². The summed E-state index contributed by atoms with van der Waals surface area (Å²) in [6.45, 7) is 1.08. The maximum Gasteiger partial charge on any atom is 0.0264 e. The van der Waals surface area contributed by atoms with Crippen LogP contribution in [-0.2, 0) is 6.54 Å². The lowest BCUT2D eigenvalue weighted by Crippen LogP contribution is -2.40. The molecule has 0 aromatic heterocycles. The lowest BCUT2D eigenvalue weighted by Gasteiger charge is -2.30. The molecule has 0 aliphatic carbocycles. The molecule has 2 fully saturated rings. The highest BCUT2D eigenvalue weighted by molar-refractivity contribution is 5.15. The number of hydrogen-bond acceptors (Lipinski definition) is 2. The van der Waals surface area contributed by atoms with E-state index in [0.717, 1.165) is 24.7 Å². The standard InChI is InChI=1S/C14H20N2/c1-16(10-11-5-3-2-4-6-11)14-9-12-7-8-13(14)15-12/h2-6,12-15H,7-10H2,1H3/t12-,13+,14?/m1/s1. The third-order valence-corrected chi connectivity index (χ3v) is 4.11. The van der Waals surface area contributed by atoms with Crippen LogP contribution >= 0.6 is 0 Å². The summed E-state index contributed by atoms with van der Waals surface area (Å²) in [5.41, 5.74) is 1.42. The van der Waals surface area contributed by atoms with Gasteiger partial charge in [-0.2, -0.15) is 0 Å². The maximum atomic E-state index is 3.70. The van der Waals surface area contributed by atoms with Crippen LogP contribution in [0.2, 0.25) is 0 Å². The highest BCUT2D eigenvalue weighted by Crippen LogP contribution is 2.31. The van der Waals surface area contributed by atoms with Crippen molar-refractivity contribution in [1.82, 2.24) is 10.2 Å². The van der Waals surface area contributed by atoms with Crippen LogP contribution in [0.3, 0.4) is 0 Å². The number of fused-ring (bicyclic) bond motifs is 2. The van der Waals surface area contributed by atoms with Crippen molar-refractivity contribution < 1.29 is 0 Å². The number of rotatable bonds is 3. The first-order valence-corrected chi connectivity index (χ1v) is 6.33. The van der Waals surface area contributed by atoms with Crippen LogP contribution in [0.25, 0.3) is 0 Å². The van der Waals surface area contributed by atoms with E-state index >= 15 is 0 Å². The SMILES string of the molecule is CN(Cc1ccccc1)C1C[C@H]2CC[C@@H]1N2. The molecule has 2 aliphatic heterocycles. The van der Waals surface area contributed by atoms with E-state index < -0.39 is 0 Å². The van der Waals surface area contributed by atoms with Gasteiger partial charge in [0.05, 0.1) is 0 Å². The first kappa shape index (κ1) is 10.3. The summed E-state index contributed by atoms with van der Waals surface area (Å²) in [5, 5.41) is 3.70. The third kappa shape index (κ3) is 1.87. The summed E-state index contributed by atoms with van der Waals surface area (Å²) in [4.78, 5) is 2.52. The van der Waals surface area contributed by atoms with Crippen molar-refractivity contribution in [3.63, 3.8) is 0 Å². The molecule has 2 bridgehead atoms. The third-order valence-electron chi connectivity index (χ3n) is 4.11. The zero-order chi connectivity index (χ0) is 11.0. The Morgan fingerprint density at radius 3 is 2.69 bits per heavy atom. The number of likely N-dealkylation sites (N-methyl/N-ethyl adjacent to an activating group) is 1. The van der Waals surface area contributed by atoms with Crippen molar-refractivity contribution in [1.29, 1.82) is 0 Å². The summed E-state index contributed by atoms with van der Waals surface area (Å²) in [5.74, 6) is 0. The van der Waals surface area contributed by atoms with Crippen molar-refractivity contribution in [2.45, 2.75) is 43.9 Å². The van der Waals surface area contributed by atoms with Gasteiger partial charge in [-0.15, -0.1) is 0 Å². The highest BCUT2D eigenvalue weighted by Gasteiger charge is 2.40. The second kappa shape index (κ2) is 4.19. The monoisotopic (exact) mass is 216 g/mol. The van der Waals surface area contributed by atoms with Gasteiger partial charge in [-0.25, -0.2) is 0 Å². The number of nitrogens with zero attached hydrogens (tertiary/aromatic N) is 1. The Hall–Kier alpha value is -0.860. The van der Waals surface area contributed by atoms with Gasteiger partial charge < -0.3 is 5.32 Å². The van der Waals surface area contributed by atoms with Gasteiger partial charge in [0, 0.05) is 24.7 Å². The molecule has 0 saturated carbocycles. The van der Waals surface area contributed by atoms with E-state index in [4.69, 9.17) is 0 Å². The van der Waals surface area contributed by atoms with E-state index in [1.807, 2.05) is 0 Å². The van der Waals surface area contributed by atoms with Crippen LogP contribution in [0.5, 0.6) is 0 Å². The molecule has 0 amide bonds. The second-order valence-electron chi connectivity index (χ2n) is 5.25. The van der Waals surface area contributed by atoms with Crippen LogP contribution in [0.15, 0.2) is 30.3 Å². The number of nitrogens with one attached hydrogen (secondary N) is 1. The molecule has 1 aromatic carbocycles. The summed E-state index contributed by atoms with van der Waals surface area (Å²) < 4.78 is 0. The van der Waals surface area contributed by atoms with Crippen LogP contribution in [0.4, 0.5) is 0 Å². The van der Waals surface area contributed by atoms with Gasteiger partial charge in [-0.3, -0.25) is 4.90 Å². The Balaban J connectivity index is 1.64. The summed E-state index contributed by atoms with van der Waals surface area (Å²) >= 11 is 0. The predicted octanol–water partition coefficient (Wildman–Crippen LogP) is 2.01. The van der Waals surface area contributed by atoms with Crippen LogP contribution < -0.4 is 5.32 Å². The molecular formula is C14H20N2. The van der Waals surface area contributed by atoms with Gasteiger partial charge >= 0.3 is 0 Å². The molecule has 2 heterocycles. The van der Waals surface area contributed by atoms with Crippen LogP contribution in [-0.4, -0.2) is 30.1 Å². The Morgan fingerprint density at radius 1 is 1.25 bits per heavy atom. The van der Waals surface area contributed by atoms with E-state index in [-0.39, 0.29) is 0 Å². The topological polar surface area (TPSA) is 15.3 Å². The van der Waals surface area contributed by atoms with Crippen molar-refractivity contribution in [2.24, 2.45) is 0 Å². The number of hydrogen-bond donors (Lipinski definition) is 1. The van der Waals surface area contributed by atoms with E-state index in [0.29, 0.717) is 0 Å². The minimum absolute atomic E-state index is 0.749. The van der Waals surface area contributed by atoms with Crippen molar-refractivity contribution in [3.8, 4) is 0 Å². The van der Waals surface area contributed by atoms with Crippen molar-refractivity contribution in [3.05, 3.63) is 35.9 Å². The Kier molecular flexibility index (Phi) is 2.70. The first-order valence-electron chi connectivity index (χ1n) is 6.33. The molecule has 3 rings (SSSR count). The molecule has 1 N–H and O–H groups in total. The zero-order valence-corrected chi connectivity index (χ0v) is 9.89. The van der Waals surface area contributed by atoms with Crippen LogP contribution in [0, 0.1) is 0 Å². The van der Waals surface area contributed by atoms with Crippen molar-refractivity contribution >= 4 is 0 Å². The van der Waals surface area contributed by atoms with E-state index in [1.165, 1.54) is 24.8 Å². The summed E-state index contributed by atoms with van der Waals surface area (Å²) in [7, 11) is 2.26. The maximum absolute atomic E-state index is 3.70. The first-order chi connectivity index (χ1) is 7.83. The van der Waals surface area contributed by atoms with E-state index in [1.54, 1.807) is 0 Å². The lowest BCUT2D eigenvalue weighted by molar-refractivity contribution is 0.200. The smallest absolute Gasteiger partial charge is 0.0264 e. The average molecular weight is 216 g/mol. The predicted molar refractivity (Wildman–Crippen MR) is 66.3 cm³/mol. The normalized spacial score (nSPS) is 32.5. The Bertz CT molecular complexity index is 349. The molecule has 3 atom stereocenters. The van der Waals surface area contributed by atoms with Gasteiger partial charge in [-0.05, 0) is 31.9 Å². The fourth-order valence-electron chi connectivity index (χ4n) is 3.27. The zero-order valence-electron chi connectivity index (χ0n) is 9.89. The highest BCUT2D eigenvalue weighted by atomic mass is 15.2. The molecular weight excluding hydrogens is 196 g/mol. The second-order valence-corrected chi connectivity index (χ2v) is 5.25. The van der Waals surface area contributed by atoms with Gasteiger partial charge in [0.1, 0.15) is 0 Å². The average Bonchev–Trinajstić information content (AvgIpc) is 2.92. The van der Waals surface area contributed by atoms with Gasteiger partial charge in [0.15, 0.2) is 0 Å². The molecule has 86 valence electrons. The van der Waals surface area contributed by atoms with Gasteiger partial charge in [0.25, 0.3) is 0 Å².